The summed E-state index contributed by atoms with van der Waals surface area (Å²) in [6.45, 7) is 0.522. The van der Waals surface area contributed by atoms with Crippen molar-refractivity contribution in [3.8, 4) is 0 Å². The summed E-state index contributed by atoms with van der Waals surface area (Å²) in [5.74, 6) is 0.584. The van der Waals surface area contributed by atoms with E-state index in [0.29, 0.717) is 25.3 Å². The first-order chi connectivity index (χ1) is 9.43. The van der Waals surface area contributed by atoms with Crippen molar-refractivity contribution in [2.24, 2.45) is 5.14 Å². The summed E-state index contributed by atoms with van der Waals surface area (Å²) in [6, 6.07) is 6.32. The molecule has 0 fully saturated rings. The van der Waals surface area contributed by atoms with Crippen LogP contribution in [0.25, 0.3) is 0 Å². The lowest BCUT2D eigenvalue weighted by atomic mass is 10.1. The SMILES string of the molecule is NS(=O)(=O)c1ccc(CCNC(=O)CCCCCl)cc1. The molecule has 0 spiro atoms. The first kappa shape index (κ1) is 16.9. The highest BCUT2D eigenvalue weighted by Crippen LogP contribution is 2.08. The number of primary sulfonamides is 1. The molecule has 0 radical (unpaired) electrons. The van der Waals surface area contributed by atoms with Gasteiger partial charge in [0, 0.05) is 18.8 Å². The van der Waals surface area contributed by atoms with Crippen molar-refractivity contribution in [3.63, 3.8) is 0 Å². The average molecular weight is 319 g/mol. The Balaban J connectivity index is 2.34. The quantitative estimate of drug-likeness (QED) is 0.561. The molecule has 0 atom stereocenters. The van der Waals surface area contributed by atoms with Gasteiger partial charge in [-0.25, -0.2) is 13.6 Å². The standard InChI is InChI=1S/C13H19ClN2O3S/c14-9-2-1-3-13(17)16-10-8-11-4-6-12(7-5-11)20(15,18)19/h4-7H,1-3,8-10H2,(H,16,17)(H2,15,18,19). The zero-order valence-electron chi connectivity index (χ0n) is 11.1. The summed E-state index contributed by atoms with van der Waals surface area (Å²) in [7, 11) is -3.65. The van der Waals surface area contributed by atoms with Gasteiger partial charge in [-0.15, -0.1) is 11.6 Å². The molecule has 1 aromatic rings. The van der Waals surface area contributed by atoms with Crippen LogP contribution < -0.4 is 10.5 Å². The number of unbranched alkanes of at least 4 members (excludes halogenated alkanes) is 1. The van der Waals surface area contributed by atoms with Gasteiger partial charge in [0.25, 0.3) is 0 Å². The van der Waals surface area contributed by atoms with E-state index in [1.165, 1.54) is 12.1 Å². The minimum absolute atomic E-state index is 0.0104. The van der Waals surface area contributed by atoms with E-state index in [2.05, 4.69) is 5.32 Å². The van der Waals surface area contributed by atoms with E-state index in [4.69, 9.17) is 16.7 Å². The van der Waals surface area contributed by atoms with Crippen molar-refractivity contribution in [3.05, 3.63) is 29.8 Å². The summed E-state index contributed by atoms with van der Waals surface area (Å²) in [5, 5.41) is 7.82. The summed E-state index contributed by atoms with van der Waals surface area (Å²) >= 11 is 5.53. The molecule has 3 N–H and O–H groups in total. The van der Waals surface area contributed by atoms with Crippen LogP contribution in [0.4, 0.5) is 0 Å². The smallest absolute Gasteiger partial charge is 0.238 e. The van der Waals surface area contributed by atoms with Crippen molar-refractivity contribution >= 4 is 27.5 Å². The summed E-state index contributed by atoms with van der Waals surface area (Å²) in [6.07, 6.45) is 2.76. The van der Waals surface area contributed by atoms with Crippen LogP contribution >= 0.6 is 11.6 Å². The number of nitrogens with two attached hydrogens (primary N) is 1. The normalized spacial score (nSPS) is 11.3. The van der Waals surface area contributed by atoms with Gasteiger partial charge in [0.2, 0.25) is 15.9 Å². The molecule has 112 valence electrons. The highest BCUT2D eigenvalue weighted by atomic mass is 35.5. The van der Waals surface area contributed by atoms with Crippen LogP contribution in [0, 0.1) is 0 Å². The second kappa shape index (κ2) is 8.24. The van der Waals surface area contributed by atoms with Crippen molar-refractivity contribution < 1.29 is 13.2 Å². The zero-order chi connectivity index (χ0) is 15.0. The van der Waals surface area contributed by atoms with Crippen LogP contribution in [0.5, 0.6) is 0 Å². The molecule has 20 heavy (non-hydrogen) atoms. The Morgan fingerprint density at radius 1 is 1.20 bits per heavy atom. The fourth-order valence-corrected chi connectivity index (χ4v) is 2.36. The van der Waals surface area contributed by atoms with Gasteiger partial charge < -0.3 is 5.32 Å². The van der Waals surface area contributed by atoms with Crippen LogP contribution in [-0.2, 0) is 21.2 Å². The van der Waals surface area contributed by atoms with Crippen molar-refractivity contribution in [1.82, 2.24) is 5.32 Å². The molecule has 0 unspecified atom stereocenters. The van der Waals surface area contributed by atoms with Crippen LogP contribution in [0.15, 0.2) is 29.2 Å². The first-order valence-corrected chi connectivity index (χ1v) is 8.46. The second-order valence-corrected chi connectivity index (χ2v) is 6.37. The van der Waals surface area contributed by atoms with Crippen molar-refractivity contribution in [1.29, 1.82) is 0 Å². The van der Waals surface area contributed by atoms with Crippen LogP contribution in [0.3, 0.4) is 0 Å². The topological polar surface area (TPSA) is 89.3 Å². The van der Waals surface area contributed by atoms with Crippen LogP contribution in [0.1, 0.15) is 24.8 Å². The molecule has 0 bridgehead atoms. The van der Waals surface area contributed by atoms with Gasteiger partial charge >= 0.3 is 0 Å². The Morgan fingerprint density at radius 2 is 1.85 bits per heavy atom. The molecule has 0 aliphatic carbocycles. The summed E-state index contributed by atoms with van der Waals surface area (Å²) in [4.78, 5) is 11.5. The van der Waals surface area contributed by atoms with E-state index in [9.17, 15) is 13.2 Å². The fraction of sp³-hybridized carbons (Fsp3) is 0.462. The molecule has 5 nitrogen and oxygen atoms in total. The lowest BCUT2D eigenvalue weighted by molar-refractivity contribution is -0.121. The number of amides is 1. The molecule has 0 saturated carbocycles. The average Bonchev–Trinajstić information content (AvgIpc) is 2.38. The molecule has 1 rings (SSSR count). The van der Waals surface area contributed by atoms with Crippen molar-refractivity contribution in [2.75, 3.05) is 12.4 Å². The maximum absolute atomic E-state index is 11.4. The van der Waals surface area contributed by atoms with Gasteiger partial charge in [-0.05, 0) is 37.0 Å². The molecule has 1 aromatic carbocycles. The summed E-state index contributed by atoms with van der Waals surface area (Å²) < 4.78 is 22.2. The minimum Gasteiger partial charge on any atom is -0.356 e. The number of halogens is 1. The third kappa shape index (κ3) is 6.36. The van der Waals surface area contributed by atoms with E-state index >= 15 is 0 Å². The van der Waals surface area contributed by atoms with Gasteiger partial charge in [0.1, 0.15) is 0 Å². The molecular weight excluding hydrogens is 300 g/mol. The Bertz CT molecular complexity index is 529. The van der Waals surface area contributed by atoms with Gasteiger partial charge in [-0.2, -0.15) is 0 Å². The summed E-state index contributed by atoms with van der Waals surface area (Å²) in [5.41, 5.74) is 0.943. The predicted molar refractivity (Wildman–Crippen MR) is 79.1 cm³/mol. The maximum Gasteiger partial charge on any atom is 0.238 e. The number of alkyl halides is 1. The second-order valence-electron chi connectivity index (χ2n) is 4.44. The molecule has 0 aromatic heterocycles. The molecule has 0 aliphatic rings. The van der Waals surface area contributed by atoms with Gasteiger partial charge in [0.05, 0.1) is 4.90 Å². The molecule has 0 heterocycles. The number of rotatable bonds is 8. The number of hydrogen-bond acceptors (Lipinski definition) is 3. The van der Waals surface area contributed by atoms with E-state index in [1.54, 1.807) is 12.1 Å². The van der Waals surface area contributed by atoms with Crippen LogP contribution in [-0.4, -0.2) is 26.7 Å². The number of hydrogen-bond donors (Lipinski definition) is 2. The van der Waals surface area contributed by atoms with E-state index in [-0.39, 0.29) is 10.8 Å². The number of sulfonamides is 1. The fourth-order valence-electron chi connectivity index (χ4n) is 1.66. The van der Waals surface area contributed by atoms with E-state index < -0.39 is 10.0 Å². The van der Waals surface area contributed by atoms with Gasteiger partial charge in [0.15, 0.2) is 0 Å². The number of nitrogens with one attached hydrogen (secondary N) is 1. The molecule has 1 amide bonds. The Kier molecular flexibility index (Phi) is 6.98. The van der Waals surface area contributed by atoms with Crippen LogP contribution in [0.2, 0.25) is 0 Å². The van der Waals surface area contributed by atoms with Crippen molar-refractivity contribution in [2.45, 2.75) is 30.6 Å². The number of benzene rings is 1. The first-order valence-electron chi connectivity index (χ1n) is 6.38. The van der Waals surface area contributed by atoms with Gasteiger partial charge in [-0.1, -0.05) is 12.1 Å². The third-order valence-electron chi connectivity index (χ3n) is 2.78. The Morgan fingerprint density at radius 3 is 2.40 bits per heavy atom. The third-order valence-corrected chi connectivity index (χ3v) is 3.97. The Hall–Kier alpha value is -1.11. The molecule has 7 heteroatoms. The minimum atomic E-state index is -3.65. The zero-order valence-corrected chi connectivity index (χ0v) is 12.7. The highest BCUT2D eigenvalue weighted by Gasteiger charge is 2.06. The van der Waals surface area contributed by atoms with E-state index in [1.807, 2.05) is 0 Å². The lowest BCUT2D eigenvalue weighted by Crippen LogP contribution is -2.25. The maximum atomic E-state index is 11.4. The molecular formula is C13H19ClN2O3S. The monoisotopic (exact) mass is 318 g/mol. The lowest BCUT2D eigenvalue weighted by Gasteiger charge is -2.05. The number of carbonyl (C=O) groups is 1. The largest absolute Gasteiger partial charge is 0.356 e. The number of carbonyl (C=O) groups excluding carboxylic acids is 1. The Labute approximate surface area is 124 Å². The van der Waals surface area contributed by atoms with Gasteiger partial charge in [-0.3, -0.25) is 4.79 Å². The molecule has 0 aliphatic heterocycles. The van der Waals surface area contributed by atoms with E-state index in [0.717, 1.165) is 18.4 Å². The highest BCUT2D eigenvalue weighted by molar-refractivity contribution is 7.89. The molecule has 0 saturated heterocycles. The predicted octanol–water partition coefficient (Wildman–Crippen LogP) is 1.40.